The summed E-state index contributed by atoms with van der Waals surface area (Å²) in [7, 11) is 2.08. The second-order valence-electron chi connectivity index (χ2n) is 2.81. The van der Waals surface area contributed by atoms with E-state index < -0.39 is 0 Å². The largest absolute Gasteiger partial charge is 0.340 e. The number of hydrogen-bond donors (Lipinski definition) is 0. The number of halogens is 1. The van der Waals surface area contributed by atoms with Crippen LogP contribution in [-0.2, 0) is 4.79 Å². The first kappa shape index (κ1) is 10.7. The van der Waals surface area contributed by atoms with Gasteiger partial charge in [0.1, 0.15) is 0 Å². The molecule has 1 rings (SSSR count). The predicted molar refractivity (Wildman–Crippen MR) is 47.0 cm³/mol. The van der Waals surface area contributed by atoms with Gasteiger partial charge in [0.05, 0.1) is 0 Å². The summed E-state index contributed by atoms with van der Waals surface area (Å²) in [5.74, 6) is 0.202. The third-order valence-electron chi connectivity index (χ3n) is 1.95. The number of carbonyl (C=O) groups is 1. The van der Waals surface area contributed by atoms with Gasteiger partial charge in [-0.25, -0.2) is 0 Å². The SMILES string of the molecule is CC(=O)N1CCN(C)CC1.Cl. The van der Waals surface area contributed by atoms with Gasteiger partial charge in [-0.2, -0.15) is 0 Å². The molecule has 0 aromatic carbocycles. The molecule has 0 N–H and O–H groups in total. The Bertz CT molecular complexity index is 132. The van der Waals surface area contributed by atoms with Crippen molar-refractivity contribution < 1.29 is 4.79 Å². The van der Waals surface area contributed by atoms with Gasteiger partial charge < -0.3 is 9.80 Å². The van der Waals surface area contributed by atoms with Gasteiger partial charge in [0, 0.05) is 33.1 Å². The van der Waals surface area contributed by atoms with E-state index in [2.05, 4.69) is 11.9 Å². The van der Waals surface area contributed by atoms with Crippen LogP contribution in [0.25, 0.3) is 0 Å². The molecule has 1 amide bonds. The molecular formula is C7H15ClN2O. The first-order valence-corrected chi connectivity index (χ1v) is 3.64. The van der Waals surface area contributed by atoms with Crippen LogP contribution < -0.4 is 0 Å². The zero-order valence-corrected chi connectivity index (χ0v) is 7.86. The molecule has 0 radical (unpaired) electrons. The maximum atomic E-state index is 10.8. The predicted octanol–water partition coefficient (Wildman–Crippen LogP) is 0.202. The molecule has 3 nitrogen and oxygen atoms in total. The van der Waals surface area contributed by atoms with Crippen LogP contribution in [0.4, 0.5) is 0 Å². The molecule has 11 heavy (non-hydrogen) atoms. The van der Waals surface area contributed by atoms with E-state index in [1.165, 1.54) is 0 Å². The van der Waals surface area contributed by atoms with Crippen molar-refractivity contribution in [3.8, 4) is 0 Å². The van der Waals surface area contributed by atoms with Gasteiger partial charge in [0.15, 0.2) is 0 Å². The Kier molecular flexibility index (Phi) is 4.45. The first-order valence-electron chi connectivity index (χ1n) is 3.64. The Morgan fingerprint density at radius 1 is 1.18 bits per heavy atom. The zero-order chi connectivity index (χ0) is 7.56. The molecule has 4 heteroatoms. The van der Waals surface area contributed by atoms with Crippen molar-refractivity contribution in [1.82, 2.24) is 9.80 Å². The zero-order valence-electron chi connectivity index (χ0n) is 7.04. The number of likely N-dealkylation sites (N-methyl/N-ethyl adjacent to an activating group) is 1. The molecule has 0 aromatic rings. The monoisotopic (exact) mass is 178 g/mol. The minimum Gasteiger partial charge on any atom is -0.340 e. The van der Waals surface area contributed by atoms with E-state index in [-0.39, 0.29) is 18.3 Å². The highest BCUT2D eigenvalue weighted by Gasteiger charge is 2.14. The van der Waals surface area contributed by atoms with E-state index >= 15 is 0 Å². The summed E-state index contributed by atoms with van der Waals surface area (Å²) in [5.41, 5.74) is 0. The highest BCUT2D eigenvalue weighted by Crippen LogP contribution is 1.98. The van der Waals surface area contributed by atoms with E-state index in [1.807, 2.05) is 4.90 Å². The molecule has 66 valence electrons. The van der Waals surface area contributed by atoms with Crippen LogP contribution in [0.2, 0.25) is 0 Å². The molecule has 1 aliphatic heterocycles. The van der Waals surface area contributed by atoms with E-state index in [9.17, 15) is 4.79 Å². The Morgan fingerprint density at radius 2 is 1.64 bits per heavy atom. The fraction of sp³-hybridized carbons (Fsp3) is 0.857. The van der Waals surface area contributed by atoms with Crippen LogP contribution in [-0.4, -0.2) is 48.9 Å². The smallest absolute Gasteiger partial charge is 0.219 e. The molecule has 0 aromatic heterocycles. The standard InChI is InChI=1S/C7H14N2O.ClH/c1-7(10)9-5-3-8(2)4-6-9;/h3-6H2,1-2H3;1H. The summed E-state index contributed by atoms with van der Waals surface area (Å²) >= 11 is 0. The lowest BCUT2D eigenvalue weighted by Crippen LogP contribution is -2.46. The summed E-state index contributed by atoms with van der Waals surface area (Å²) in [6.45, 7) is 5.45. The van der Waals surface area contributed by atoms with E-state index in [1.54, 1.807) is 6.92 Å². The third kappa shape index (κ3) is 3.08. The molecule has 0 unspecified atom stereocenters. The van der Waals surface area contributed by atoms with Crippen molar-refractivity contribution >= 4 is 18.3 Å². The molecule has 0 atom stereocenters. The number of rotatable bonds is 0. The second-order valence-corrected chi connectivity index (χ2v) is 2.81. The Labute approximate surface area is 73.8 Å². The Hall–Kier alpha value is -0.280. The first-order chi connectivity index (χ1) is 4.70. The molecule has 0 aliphatic carbocycles. The molecule has 0 saturated carbocycles. The summed E-state index contributed by atoms with van der Waals surface area (Å²) < 4.78 is 0. The van der Waals surface area contributed by atoms with Crippen molar-refractivity contribution in [1.29, 1.82) is 0 Å². The van der Waals surface area contributed by atoms with Crippen molar-refractivity contribution in [2.45, 2.75) is 6.92 Å². The van der Waals surface area contributed by atoms with Crippen molar-refractivity contribution in [2.24, 2.45) is 0 Å². The fourth-order valence-corrected chi connectivity index (χ4v) is 1.12. The summed E-state index contributed by atoms with van der Waals surface area (Å²) in [4.78, 5) is 14.9. The molecule has 1 saturated heterocycles. The Balaban J connectivity index is 0.000001000. The number of carbonyl (C=O) groups excluding carboxylic acids is 1. The van der Waals surface area contributed by atoms with E-state index in [0.29, 0.717) is 0 Å². The molecule has 0 spiro atoms. The lowest BCUT2D eigenvalue weighted by molar-refractivity contribution is -0.130. The maximum Gasteiger partial charge on any atom is 0.219 e. The van der Waals surface area contributed by atoms with Gasteiger partial charge in [-0.3, -0.25) is 4.79 Å². The lowest BCUT2D eigenvalue weighted by Gasteiger charge is -2.31. The normalized spacial score (nSPS) is 19.3. The highest BCUT2D eigenvalue weighted by molar-refractivity contribution is 5.85. The van der Waals surface area contributed by atoms with Crippen LogP contribution in [0.5, 0.6) is 0 Å². The topological polar surface area (TPSA) is 23.6 Å². The van der Waals surface area contributed by atoms with Gasteiger partial charge in [-0.05, 0) is 7.05 Å². The van der Waals surface area contributed by atoms with Crippen LogP contribution in [0.15, 0.2) is 0 Å². The average molecular weight is 179 g/mol. The van der Waals surface area contributed by atoms with Crippen molar-refractivity contribution in [2.75, 3.05) is 33.2 Å². The van der Waals surface area contributed by atoms with Gasteiger partial charge in [0.25, 0.3) is 0 Å². The van der Waals surface area contributed by atoms with Crippen LogP contribution in [0.1, 0.15) is 6.92 Å². The second kappa shape index (κ2) is 4.57. The van der Waals surface area contributed by atoms with Gasteiger partial charge in [-0.15, -0.1) is 12.4 Å². The van der Waals surface area contributed by atoms with Crippen LogP contribution in [0, 0.1) is 0 Å². The summed E-state index contributed by atoms with van der Waals surface area (Å²) in [6, 6.07) is 0. The molecule has 1 aliphatic rings. The Morgan fingerprint density at radius 3 is 2.00 bits per heavy atom. The molecule has 0 bridgehead atoms. The number of amides is 1. The molecular weight excluding hydrogens is 164 g/mol. The van der Waals surface area contributed by atoms with Gasteiger partial charge in [0.2, 0.25) is 5.91 Å². The fourth-order valence-electron chi connectivity index (χ4n) is 1.12. The van der Waals surface area contributed by atoms with Gasteiger partial charge in [-0.1, -0.05) is 0 Å². The minimum absolute atomic E-state index is 0. The minimum atomic E-state index is 0. The third-order valence-corrected chi connectivity index (χ3v) is 1.95. The van der Waals surface area contributed by atoms with Crippen molar-refractivity contribution in [3.63, 3.8) is 0 Å². The van der Waals surface area contributed by atoms with Crippen LogP contribution in [0.3, 0.4) is 0 Å². The average Bonchev–Trinajstić information content (AvgIpc) is 1.88. The van der Waals surface area contributed by atoms with Crippen LogP contribution >= 0.6 is 12.4 Å². The quantitative estimate of drug-likeness (QED) is 0.529. The van der Waals surface area contributed by atoms with E-state index in [4.69, 9.17) is 0 Å². The molecule has 1 heterocycles. The number of hydrogen-bond acceptors (Lipinski definition) is 2. The number of nitrogens with zero attached hydrogens (tertiary/aromatic N) is 2. The summed E-state index contributed by atoms with van der Waals surface area (Å²) in [6.07, 6.45) is 0. The van der Waals surface area contributed by atoms with Gasteiger partial charge >= 0.3 is 0 Å². The molecule has 1 fully saturated rings. The summed E-state index contributed by atoms with van der Waals surface area (Å²) in [5, 5.41) is 0. The number of piperazine rings is 1. The maximum absolute atomic E-state index is 10.8. The highest BCUT2D eigenvalue weighted by atomic mass is 35.5. The van der Waals surface area contributed by atoms with Crippen molar-refractivity contribution in [3.05, 3.63) is 0 Å². The lowest BCUT2D eigenvalue weighted by atomic mass is 10.3. The van der Waals surface area contributed by atoms with E-state index in [0.717, 1.165) is 26.2 Å².